The molecule has 0 spiro atoms. The van der Waals surface area contributed by atoms with Gasteiger partial charge in [-0.25, -0.2) is 0 Å². The van der Waals surface area contributed by atoms with E-state index in [9.17, 15) is 5.11 Å². The summed E-state index contributed by atoms with van der Waals surface area (Å²) >= 11 is 0. The van der Waals surface area contributed by atoms with Crippen LogP contribution < -0.4 is 5.73 Å². The summed E-state index contributed by atoms with van der Waals surface area (Å²) in [7, 11) is 0. The van der Waals surface area contributed by atoms with Gasteiger partial charge in [0.2, 0.25) is 0 Å². The summed E-state index contributed by atoms with van der Waals surface area (Å²) < 4.78 is 23.7. The van der Waals surface area contributed by atoms with Gasteiger partial charge >= 0.3 is 0 Å². The third-order valence-electron chi connectivity index (χ3n) is 6.26. The Morgan fingerprint density at radius 2 is 1.58 bits per heavy atom. The quantitative estimate of drug-likeness (QED) is 0.445. The van der Waals surface area contributed by atoms with Crippen LogP contribution in [0.4, 0.5) is 0 Å². The number of nitrogens with two attached hydrogens (primary N) is 1. The van der Waals surface area contributed by atoms with Crippen LogP contribution in [0.5, 0.6) is 0 Å². The van der Waals surface area contributed by atoms with Crippen LogP contribution in [-0.2, 0) is 18.9 Å². The summed E-state index contributed by atoms with van der Waals surface area (Å²) in [5.41, 5.74) is 7.14. The van der Waals surface area contributed by atoms with E-state index in [1.54, 1.807) is 0 Å². The Labute approximate surface area is 187 Å². The molecule has 176 valence electrons. The highest BCUT2D eigenvalue weighted by Gasteiger charge is 2.48. The molecule has 0 unspecified atom stereocenters. The normalized spacial score (nSPS) is 30.8. The summed E-state index contributed by atoms with van der Waals surface area (Å²) in [6, 6.07) is 9.06. The largest absolute Gasteiger partial charge is 0.388 e. The van der Waals surface area contributed by atoms with E-state index in [2.05, 4.69) is 6.92 Å². The SMILES string of the molecule is CCCCCCCCCCCCO[C@@H]1O[C@@H]2CO[C@@H](c3ccccc3)O[C@H]2[C@@H](O)[C@H]1N. The second-order valence-electron chi connectivity index (χ2n) is 8.84. The number of hydrogen-bond donors (Lipinski definition) is 2. The van der Waals surface area contributed by atoms with Crippen molar-refractivity contribution in [1.29, 1.82) is 0 Å². The van der Waals surface area contributed by atoms with Crippen LogP contribution in [0, 0.1) is 0 Å². The topological polar surface area (TPSA) is 83.2 Å². The maximum absolute atomic E-state index is 10.7. The number of unbranched alkanes of at least 4 members (excludes halogenated alkanes) is 9. The number of benzene rings is 1. The lowest BCUT2D eigenvalue weighted by molar-refractivity contribution is -0.342. The molecule has 2 fully saturated rings. The van der Waals surface area contributed by atoms with Gasteiger partial charge in [-0.15, -0.1) is 0 Å². The molecule has 0 amide bonds. The van der Waals surface area contributed by atoms with Crippen molar-refractivity contribution in [2.75, 3.05) is 13.2 Å². The van der Waals surface area contributed by atoms with Gasteiger partial charge in [-0.2, -0.15) is 0 Å². The highest BCUT2D eigenvalue weighted by atomic mass is 16.7. The lowest BCUT2D eigenvalue weighted by Gasteiger charge is -2.46. The molecule has 6 heteroatoms. The molecule has 31 heavy (non-hydrogen) atoms. The Kier molecular flexibility index (Phi) is 10.7. The van der Waals surface area contributed by atoms with E-state index >= 15 is 0 Å². The molecule has 2 aliphatic rings. The molecule has 0 radical (unpaired) electrons. The third-order valence-corrected chi connectivity index (χ3v) is 6.26. The molecule has 0 aliphatic carbocycles. The second-order valence-corrected chi connectivity index (χ2v) is 8.84. The molecule has 6 atom stereocenters. The minimum atomic E-state index is -0.855. The fourth-order valence-corrected chi connectivity index (χ4v) is 4.33. The Balaban J connectivity index is 1.31. The molecule has 0 bridgehead atoms. The van der Waals surface area contributed by atoms with E-state index in [0.717, 1.165) is 18.4 Å². The van der Waals surface area contributed by atoms with Gasteiger partial charge in [0.05, 0.1) is 12.6 Å². The molecule has 2 heterocycles. The van der Waals surface area contributed by atoms with E-state index in [-0.39, 0.29) is 6.10 Å². The first-order valence-electron chi connectivity index (χ1n) is 12.2. The first-order chi connectivity index (χ1) is 15.2. The van der Waals surface area contributed by atoms with Crippen LogP contribution in [0.3, 0.4) is 0 Å². The van der Waals surface area contributed by atoms with Gasteiger partial charge in [0, 0.05) is 12.2 Å². The van der Waals surface area contributed by atoms with Gasteiger partial charge < -0.3 is 29.8 Å². The maximum Gasteiger partial charge on any atom is 0.184 e. The Morgan fingerprint density at radius 1 is 0.935 bits per heavy atom. The minimum Gasteiger partial charge on any atom is -0.388 e. The molecule has 2 saturated heterocycles. The first-order valence-corrected chi connectivity index (χ1v) is 12.2. The predicted molar refractivity (Wildman–Crippen MR) is 120 cm³/mol. The Morgan fingerprint density at radius 3 is 2.26 bits per heavy atom. The van der Waals surface area contributed by atoms with Crippen LogP contribution in [0.2, 0.25) is 0 Å². The van der Waals surface area contributed by atoms with Gasteiger partial charge in [-0.3, -0.25) is 0 Å². The number of hydrogen-bond acceptors (Lipinski definition) is 6. The molecule has 3 N–H and O–H groups in total. The second kappa shape index (κ2) is 13.5. The van der Waals surface area contributed by atoms with Crippen molar-refractivity contribution < 1.29 is 24.1 Å². The van der Waals surface area contributed by atoms with Crippen molar-refractivity contribution in [2.24, 2.45) is 5.73 Å². The summed E-state index contributed by atoms with van der Waals surface area (Å²) in [4.78, 5) is 0. The van der Waals surface area contributed by atoms with Crippen LogP contribution >= 0.6 is 0 Å². The van der Waals surface area contributed by atoms with Crippen molar-refractivity contribution in [1.82, 2.24) is 0 Å². The summed E-state index contributed by atoms with van der Waals surface area (Å²) in [5, 5.41) is 10.7. The molecule has 2 aliphatic heterocycles. The zero-order chi connectivity index (χ0) is 21.9. The molecule has 6 nitrogen and oxygen atoms in total. The highest BCUT2D eigenvalue weighted by Crippen LogP contribution is 2.33. The fourth-order valence-electron chi connectivity index (χ4n) is 4.33. The Hall–Kier alpha value is -1.02. The summed E-state index contributed by atoms with van der Waals surface area (Å²) in [5.74, 6) is 0. The van der Waals surface area contributed by atoms with Crippen molar-refractivity contribution in [3.8, 4) is 0 Å². The lowest BCUT2D eigenvalue weighted by atomic mass is 9.96. The average Bonchev–Trinajstić information content (AvgIpc) is 2.81. The smallest absolute Gasteiger partial charge is 0.184 e. The molecular weight excluding hydrogens is 394 g/mol. The van der Waals surface area contributed by atoms with Crippen LogP contribution in [0.15, 0.2) is 30.3 Å². The monoisotopic (exact) mass is 435 g/mol. The average molecular weight is 436 g/mol. The van der Waals surface area contributed by atoms with E-state index in [1.807, 2.05) is 30.3 Å². The van der Waals surface area contributed by atoms with E-state index in [0.29, 0.717) is 13.2 Å². The molecular formula is C25H41NO5. The summed E-state index contributed by atoms with van der Waals surface area (Å²) in [6.45, 7) is 3.18. The number of aliphatic hydroxyl groups is 1. The van der Waals surface area contributed by atoms with E-state index in [1.165, 1.54) is 51.4 Å². The Bertz CT molecular complexity index is 599. The van der Waals surface area contributed by atoms with E-state index in [4.69, 9.17) is 24.7 Å². The number of ether oxygens (including phenoxy) is 4. The van der Waals surface area contributed by atoms with Gasteiger partial charge in [0.1, 0.15) is 18.3 Å². The van der Waals surface area contributed by atoms with Gasteiger partial charge in [-0.05, 0) is 6.42 Å². The molecule has 0 aromatic heterocycles. The predicted octanol–water partition coefficient (Wildman–Crippen LogP) is 4.45. The van der Waals surface area contributed by atoms with Crippen LogP contribution in [0.25, 0.3) is 0 Å². The maximum atomic E-state index is 10.7. The van der Waals surface area contributed by atoms with E-state index < -0.39 is 30.8 Å². The highest BCUT2D eigenvalue weighted by molar-refractivity contribution is 5.16. The van der Waals surface area contributed by atoms with Crippen LogP contribution in [-0.4, -0.2) is 49.0 Å². The number of rotatable bonds is 13. The number of aliphatic hydroxyl groups excluding tert-OH is 1. The fraction of sp³-hybridized carbons (Fsp3) is 0.760. The van der Waals surface area contributed by atoms with Crippen molar-refractivity contribution in [3.63, 3.8) is 0 Å². The molecule has 3 rings (SSSR count). The van der Waals surface area contributed by atoms with Gasteiger partial charge in [0.25, 0.3) is 0 Å². The molecule has 1 aromatic rings. The third kappa shape index (κ3) is 7.52. The first kappa shape index (κ1) is 24.6. The van der Waals surface area contributed by atoms with Gasteiger partial charge in [-0.1, -0.05) is 95.0 Å². The lowest BCUT2D eigenvalue weighted by Crippen LogP contribution is -2.65. The van der Waals surface area contributed by atoms with Crippen LogP contribution in [0.1, 0.15) is 83.0 Å². The molecule has 0 saturated carbocycles. The standard InChI is InChI=1S/C25H41NO5/c1-2-3-4-5-6-7-8-9-10-14-17-28-25-21(26)22(27)23-20(30-25)18-29-24(31-23)19-15-12-11-13-16-19/h11-13,15-16,20-25,27H,2-10,14,17-18,26H2,1H3/t20-,21-,22+,23-,24-,25-/m1/s1. The van der Waals surface area contributed by atoms with Crippen molar-refractivity contribution in [3.05, 3.63) is 35.9 Å². The van der Waals surface area contributed by atoms with Crippen molar-refractivity contribution >= 4 is 0 Å². The minimum absolute atomic E-state index is 0.339. The summed E-state index contributed by atoms with van der Waals surface area (Å²) in [6.07, 6.45) is 9.88. The molecule has 1 aromatic carbocycles. The van der Waals surface area contributed by atoms with Crippen molar-refractivity contribution in [2.45, 2.75) is 108 Å². The van der Waals surface area contributed by atoms with Gasteiger partial charge in [0.15, 0.2) is 12.6 Å². The number of fused-ring (bicyclic) bond motifs is 1. The zero-order valence-corrected chi connectivity index (χ0v) is 19.0. The zero-order valence-electron chi connectivity index (χ0n) is 19.0.